The number of tetrazole rings is 1. The number of hydrogen-bond acceptors (Lipinski definition) is 4. The van der Waals surface area contributed by atoms with Crippen molar-refractivity contribution in [3.8, 4) is 0 Å². The first-order valence-electron chi connectivity index (χ1n) is 2.34. The molecule has 1 aromatic rings. The second kappa shape index (κ2) is 4.22. The molecule has 0 amide bonds. The molecule has 1 rings (SSSR count). The molecule has 0 unspecified atom stereocenters. The van der Waals surface area contributed by atoms with E-state index in [1.165, 1.54) is 11.1 Å². The maximum absolute atomic E-state index is 5.19. The van der Waals surface area contributed by atoms with Crippen molar-refractivity contribution < 1.29 is 0 Å². The molecule has 0 aromatic carbocycles. The summed E-state index contributed by atoms with van der Waals surface area (Å²) < 4.78 is 0. The van der Waals surface area contributed by atoms with Gasteiger partial charge in [0.05, 0.1) is 6.54 Å². The highest BCUT2D eigenvalue weighted by atomic mass is 35.5. The lowest BCUT2D eigenvalue weighted by molar-refractivity contribution is 0.530. The molecule has 5 nitrogen and oxygen atoms in total. The molecule has 9 heavy (non-hydrogen) atoms. The predicted octanol–water partition coefficient (Wildman–Crippen LogP) is -0.946. The van der Waals surface area contributed by atoms with E-state index in [2.05, 4.69) is 15.4 Å². The molecule has 0 aliphatic carbocycles. The van der Waals surface area contributed by atoms with Crippen LogP contribution in [-0.2, 0) is 6.54 Å². The molecule has 0 radical (unpaired) electrons. The average Bonchev–Trinajstić information content (AvgIpc) is 2.19. The van der Waals surface area contributed by atoms with Gasteiger partial charge in [-0.1, -0.05) is 0 Å². The molecule has 0 fully saturated rings. The lowest BCUT2D eigenvalue weighted by Gasteiger charge is -1.88. The minimum atomic E-state index is 0. The van der Waals surface area contributed by atoms with Crippen LogP contribution in [0.2, 0.25) is 0 Å². The molecule has 0 saturated heterocycles. The lowest BCUT2D eigenvalue weighted by Crippen LogP contribution is -2.12. The molecule has 1 aromatic heterocycles. The zero-order chi connectivity index (χ0) is 5.82. The third-order valence-corrected chi connectivity index (χ3v) is 0.721. The van der Waals surface area contributed by atoms with Crippen molar-refractivity contribution in [3.05, 3.63) is 6.33 Å². The van der Waals surface area contributed by atoms with Crippen molar-refractivity contribution >= 4 is 12.4 Å². The lowest BCUT2D eigenvalue weighted by atomic mass is 10.7. The Hall–Kier alpha value is -0.680. The molecule has 0 saturated carbocycles. The van der Waals surface area contributed by atoms with E-state index in [0.717, 1.165) is 0 Å². The Balaban J connectivity index is 0.000000640. The van der Waals surface area contributed by atoms with Crippen molar-refractivity contribution in [2.24, 2.45) is 5.73 Å². The van der Waals surface area contributed by atoms with Gasteiger partial charge in [0.25, 0.3) is 0 Å². The fraction of sp³-hybridized carbons (Fsp3) is 0.667. The topological polar surface area (TPSA) is 69.6 Å². The number of halogens is 1. The van der Waals surface area contributed by atoms with E-state index < -0.39 is 0 Å². The van der Waals surface area contributed by atoms with Crippen molar-refractivity contribution in [1.82, 2.24) is 20.2 Å². The van der Waals surface area contributed by atoms with Crippen LogP contribution in [0.4, 0.5) is 0 Å². The first-order valence-corrected chi connectivity index (χ1v) is 2.34. The Labute approximate surface area is 58.6 Å². The maximum atomic E-state index is 5.19. The Morgan fingerprint density at radius 3 is 2.78 bits per heavy atom. The summed E-state index contributed by atoms with van der Waals surface area (Å²) in [5.74, 6) is 0. The van der Waals surface area contributed by atoms with E-state index in [9.17, 15) is 0 Å². The number of nitrogens with two attached hydrogens (primary N) is 1. The number of hydrogen-bond donors (Lipinski definition) is 1. The summed E-state index contributed by atoms with van der Waals surface area (Å²) in [6.45, 7) is 1.19. The molecule has 0 atom stereocenters. The largest absolute Gasteiger partial charge is 0.329 e. The van der Waals surface area contributed by atoms with Crippen LogP contribution in [0.25, 0.3) is 0 Å². The van der Waals surface area contributed by atoms with Gasteiger partial charge in [0.2, 0.25) is 0 Å². The van der Waals surface area contributed by atoms with Gasteiger partial charge in [0.1, 0.15) is 0 Å². The van der Waals surface area contributed by atoms with Crippen LogP contribution >= 0.6 is 12.4 Å². The van der Waals surface area contributed by atoms with Crippen molar-refractivity contribution in [2.45, 2.75) is 6.54 Å². The van der Waals surface area contributed by atoms with E-state index in [4.69, 9.17) is 5.73 Å². The van der Waals surface area contributed by atoms with Crippen molar-refractivity contribution in [1.29, 1.82) is 0 Å². The summed E-state index contributed by atoms with van der Waals surface area (Å²) in [7, 11) is 0. The zero-order valence-electron chi connectivity index (χ0n) is 4.77. The van der Waals surface area contributed by atoms with Gasteiger partial charge in [0.15, 0.2) is 6.33 Å². The first-order chi connectivity index (χ1) is 3.93. The second-order valence-electron chi connectivity index (χ2n) is 1.32. The van der Waals surface area contributed by atoms with Gasteiger partial charge in [-0.25, -0.2) is 0 Å². The van der Waals surface area contributed by atoms with Gasteiger partial charge >= 0.3 is 0 Å². The van der Waals surface area contributed by atoms with Gasteiger partial charge in [-0.2, -0.15) is 4.80 Å². The fourth-order valence-electron chi connectivity index (χ4n) is 0.406. The average molecular weight is 150 g/mol. The minimum absolute atomic E-state index is 0. The molecule has 0 bridgehead atoms. The molecule has 0 spiro atoms. The van der Waals surface area contributed by atoms with Gasteiger partial charge < -0.3 is 5.73 Å². The van der Waals surface area contributed by atoms with Crippen molar-refractivity contribution in [2.75, 3.05) is 6.54 Å². The van der Waals surface area contributed by atoms with Gasteiger partial charge in [-0.15, -0.1) is 22.6 Å². The molecule has 0 aliphatic heterocycles. The van der Waals surface area contributed by atoms with Gasteiger partial charge in [-0.3, -0.25) is 0 Å². The zero-order valence-corrected chi connectivity index (χ0v) is 5.58. The molecular weight excluding hydrogens is 142 g/mol. The van der Waals surface area contributed by atoms with Crippen LogP contribution in [0.15, 0.2) is 6.33 Å². The summed E-state index contributed by atoms with van der Waals surface area (Å²) >= 11 is 0. The Kier molecular flexibility index (Phi) is 3.90. The van der Waals surface area contributed by atoms with E-state index in [-0.39, 0.29) is 12.4 Å². The number of nitrogens with zero attached hydrogens (tertiary/aromatic N) is 4. The quantitative estimate of drug-likeness (QED) is 0.589. The normalized spacial score (nSPS) is 8.56. The molecule has 6 heteroatoms. The summed E-state index contributed by atoms with van der Waals surface area (Å²) in [5.41, 5.74) is 5.19. The van der Waals surface area contributed by atoms with Gasteiger partial charge in [-0.05, 0) is 5.21 Å². The number of rotatable bonds is 2. The fourth-order valence-corrected chi connectivity index (χ4v) is 0.406. The standard InChI is InChI=1S/C3H7N5.ClH/c4-1-2-8-6-3-5-7-8;/h3H,1-2,4H2;1H. The second-order valence-corrected chi connectivity index (χ2v) is 1.32. The van der Waals surface area contributed by atoms with Crippen LogP contribution in [0, 0.1) is 0 Å². The Morgan fingerprint density at radius 2 is 2.33 bits per heavy atom. The maximum Gasteiger partial charge on any atom is 0.162 e. The minimum Gasteiger partial charge on any atom is -0.329 e. The summed E-state index contributed by atoms with van der Waals surface area (Å²) in [6.07, 6.45) is 1.38. The monoisotopic (exact) mass is 149 g/mol. The highest BCUT2D eigenvalue weighted by Crippen LogP contribution is 1.68. The van der Waals surface area contributed by atoms with Crippen molar-refractivity contribution in [3.63, 3.8) is 0 Å². The van der Waals surface area contributed by atoms with Crippen LogP contribution in [0.3, 0.4) is 0 Å². The SMILES string of the molecule is Cl.NCCn1ncnn1. The van der Waals surface area contributed by atoms with Crippen LogP contribution in [-0.4, -0.2) is 26.8 Å². The summed E-state index contributed by atoms with van der Waals surface area (Å²) in [5, 5.41) is 10.8. The Bertz CT molecular complexity index is 138. The highest BCUT2D eigenvalue weighted by molar-refractivity contribution is 5.85. The highest BCUT2D eigenvalue weighted by Gasteiger charge is 1.85. The smallest absolute Gasteiger partial charge is 0.162 e. The van der Waals surface area contributed by atoms with Crippen LogP contribution < -0.4 is 5.73 Å². The molecular formula is C3H8ClN5. The third-order valence-electron chi connectivity index (χ3n) is 0.721. The van der Waals surface area contributed by atoms with Gasteiger partial charge in [0, 0.05) is 6.54 Å². The number of aromatic nitrogens is 4. The molecule has 0 aliphatic rings. The molecule has 52 valence electrons. The Morgan fingerprint density at radius 1 is 1.56 bits per heavy atom. The molecule has 1 heterocycles. The molecule has 2 N–H and O–H groups in total. The third kappa shape index (κ3) is 2.39. The van der Waals surface area contributed by atoms with E-state index in [1.807, 2.05) is 0 Å². The van der Waals surface area contributed by atoms with E-state index >= 15 is 0 Å². The van der Waals surface area contributed by atoms with E-state index in [0.29, 0.717) is 13.1 Å². The predicted molar refractivity (Wildman–Crippen MR) is 34.1 cm³/mol. The summed E-state index contributed by atoms with van der Waals surface area (Å²) in [6, 6.07) is 0. The van der Waals surface area contributed by atoms with Crippen LogP contribution in [0.5, 0.6) is 0 Å². The summed E-state index contributed by atoms with van der Waals surface area (Å²) in [4.78, 5) is 1.44. The van der Waals surface area contributed by atoms with Crippen LogP contribution in [0.1, 0.15) is 0 Å². The van der Waals surface area contributed by atoms with E-state index in [1.54, 1.807) is 0 Å². The first kappa shape index (κ1) is 8.32.